The standard InChI is InChI=1S/C15H8ClF3O/c1-2-10-7-8-11(9-14(10)20-15(17,18)19)12-5-3-4-6-13(12)16/h1,3-9H. The normalized spacial score (nSPS) is 10.9. The van der Waals surface area contributed by atoms with Gasteiger partial charge in [-0.1, -0.05) is 41.8 Å². The Hall–Kier alpha value is -2.12. The molecule has 0 spiro atoms. The fourth-order valence-electron chi connectivity index (χ4n) is 1.71. The number of ether oxygens (including phenoxy) is 1. The van der Waals surface area contributed by atoms with Crippen molar-refractivity contribution in [1.82, 2.24) is 0 Å². The van der Waals surface area contributed by atoms with Gasteiger partial charge in [0.25, 0.3) is 0 Å². The highest BCUT2D eigenvalue weighted by Crippen LogP contribution is 2.33. The van der Waals surface area contributed by atoms with Crippen molar-refractivity contribution < 1.29 is 17.9 Å². The third kappa shape index (κ3) is 3.25. The smallest absolute Gasteiger partial charge is 0.404 e. The van der Waals surface area contributed by atoms with Gasteiger partial charge in [0, 0.05) is 10.6 Å². The molecule has 0 bridgehead atoms. The molecule has 0 aliphatic carbocycles. The Kier molecular flexibility index (Phi) is 3.91. The highest BCUT2D eigenvalue weighted by Gasteiger charge is 2.32. The first-order valence-corrected chi connectivity index (χ1v) is 5.90. The first kappa shape index (κ1) is 14.3. The van der Waals surface area contributed by atoms with Crippen LogP contribution in [0, 0.1) is 12.3 Å². The van der Waals surface area contributed by atoms with Gasteiger partial charge in [0.05, 0.1) is 5.56 Å². The van der Waals surface area contributed by atoms with Gasteiger partial charge in [-0.15, -0.1) is 19.6 Å². The molecule has 102 valence electrons. The van der Waals surface area contributed by atoms with Crippen LogP contribution in [0.25, 0.3) is 11.1 Å². The van der Waals surface area contributed by atoms with E-state index < -0.39 is 12.1 Å². The van der Waals surface area contributed by atoms with Gasteiger partial charge < -0.3 is 4.74 Å². The van der Waals surface area contributed by atoms with Gasteiger partial charge in [0.2, 0.25) is 0 Å². The number of benzene rings is 2. The minimum Gasteiger partial charge on any atom is -0.404 e. The second kappa shape index (κ2) is 5.48. The van der Waals surface area contributed by atoms with Crippen molar-refractivity contribution in [3.63, 3.8) is 0 Å². The topological polar surface area (TPSA) is 9.23 Å². The van der Waals surface area contributed by atoms with Crippen molar-refractivity contribution in [3.8, 4) is 29.2 Å². The Labute approximate surface area is 118 Å². The van der Waals surface area contributed by atoms with Gasteiger partial charge in [0.1, 0.15) is 5.75 Å². The second-order valence-corrected chi connectivity index (χ2v) is 4.29. The quantitative estimate of drug-likeness (QED) is 0.717. The molecule has 0 saturated heterocycles. The Balaban J connectivity index is 2.51. The fraction of sp³-hybridized carbons (Fsp3) is 0.0667. The number of alkyl halides is 3. The first-order valence-electron chi connectivity index (χ1n) is 5.52. The molecule has 1 nitrogen and oxygen atoms in total. The maximum absolute atomic E-state index is 12.4. The van der Waals surface area contributed by atoms with Crippen molar-refractivity contribution >= 4 is 11.6 Å². The summed E-state index contributed by atoms with van der Waals surface area (Å²) < 4.78 is 41.0. The van der Waals surface area contributed by atoms with Crippen LogP contribution >= 0.6 is 11.6 Å². The lowest BCUT2D eigenvalue weighted by Gasteiger charge is -2.12. The van der Waals surface area contributed by atoms with Crippen LogP contribution in [0.5, 0.6) is 5.75 Å². The summed E-state index contributed by atoms with van der Waals surface area (Å²) in [4.78, 5) is 0. The maximum atomic E-state index is 12.4. The zero-order valence-corrected chi connectivity index (χ0v) is 10.8. The van der Waals surface area contributed by atoms with E-state index in [1.165, 1.54) is 12.1 Å². The number of terminal acetylenes is 1. The van der Waals surface area contributed by atoms with E-state index in [-0.39, 0.29) is 5.56 Å². The summed E-state index contributed by atoms with van der Waals surface area (Å²) >= 11 is 6.01. The number of hydrogen-bond donors (Lipinski definition) is 0. The molecule has 0 aromatic heterocycles. The Morgan fingerprint density at radius 1 is 1.10 bits per heavy atom. The molecule has 2 aromatic rings. The largest absolute Gasteiger partial charge is 0.573 e. The van der Waals surface area contributed by atoms with Crippen LogP contribution in [-0.2, 0) is 0 Å². The van der Waals surface area contributed by atoms with E-state index in [4.69, 9.17) is 18.0 Å². The van der Waals surface area contributed by atoms with Crippen molar-refractivity contribution in [2.45, 2.75) is 6.36 Å². The van der Waals surface area contributed by atoms with E-state index in [1.54, 1.807) is 30.3 Å². The molecule has 0 fully saturated rings. The van der Waals surface area contributed by atoms with E-state index in [0.717, 1.165) is 0 Å². The highest BCUT2D eigenvalue weighted by atomic mass is 35.5. The van der Waals surface area contributed by atoms with Gasteiger partial charge >= 0.3 is 6.36 Å². The molecular formula is C15H8ClF3O. The predicted octanol–water partition coefficient (Wildman–Crippen LogP) is 4.89. The molecule has 20 heavy (non-hydrogen) atoms. The van der Waals surface area contributed by atoms with Crippen molar-refractivity contribution in [2.24, 2.45) is 0 Å². The first-order chi connectivity index (χ1) is 9.40. The van der Waals surface area contributed by atoms with Crippen LogP contribution in [0.2, 0.25) is 5.02 Å². The number of rotatable bonds is 2. The van der Waals surface area contributed by atoms with Gasteiger partial charge in [-0.3, -0.25) is 0 Å². The summed E-state index contributed by atoms with van der Waals surface area (Å²) in [5, 5.41) is 0.430. The molecule has 2 rings (SSSR count). The molecule has 0 aliphatic rings. The monoisotopic (exact) mass is 296 g/mol. The number of halogens is 4. The van der Waals surface area contributed by atoms with Crippen LogP contribution in [0.1, 0.15) is 5.56 Å². The van der Waals surface area contributed by atoms with Crippen LogP contribution in [-0.4, -0.2) is 6.36 Å². The van der Waals surface area contributed by atoms with E-state index >= 15 is 0 Å². The summed E-state index contributed by atoms with van der Waals surface area (Å²) in [6.45, 7) is 0. The third-order valence-electron chi connectivity index (χ3n) is 2.55. The molecule has 0 N–H and O–H groups in total. The minimum absolute atomic E-state index is 0.0260. The summed E-state index contributed by atoms with van der Waals surface area (Å²) in [5.74, 6) is 1.73. The molecule has 5 heteroatoms. The molecule has 0 atom stereocenters. The van der Waals surface area contributed by atoms with Gasteiger partial charge in [-0.2, -0.15) is 0 Å². The molecule has 0 heterocycles. The average Bonchev–Trinajstić information content (AvgIpc) is 2.37. The zero-order valence-electron chi connectivity index (χ0n) is 10.0. The van der Waals surface area contributed by atoms with Crippen LogP contribution < -0.4 is 4.74 Å². The summed E-state index contributed by atoms with van der Waals surface area (Å²) in [6.07, 6.45) is 0.364. The lowest BCUT2D eigenvalue weighted by molar-refractivity contribution is -0.274. The van der Waals surface area contributed by atoms with Crippen LogP contribution in [0.4, 0.5) is 13.2 Å². The van der Waals surface area contributed by atoms with Crippen molar-refractivity contribution in [2.75, 3.05) is 0 Å². The summed E-state index contributed by atoms with van der Waals surface area (Å²) in [7, 11) is 0. The number of hydrogen-bond acceptors (Lipinski definition) is 1. The molecule has 0 radical (unpaired) electrons. The lowest BCUT2D eigenvalue weighted by Crippen LogP contribution is -2.17. The molecule has 0 amide bonds. The van der Waals surface area contributed by atoms with E-state index in [2.05, 4.69) is 10.7 Å². The predicted molar refractivity (Wildman–Crippen MR) is 71.5 cm³/mol. The van der Waals surface area contributed by atoms with Crippen LogP contribution in [0.15, 0.2) is 42.5 Å². The minimum atomic E-state index is -4.80. The molecule has 0 saturated carbocycles. The van der Waals surface area contributed by atoms with Crippen LogP contribution in [0.3, 0.4) is 0 Å². The van der Waals surface area contributed by atoms with Gasteiger partial charge in [0.15, 0.2) is 0 Å². The highest BCUT2D eigenvalue weighted by molar-refractivity contribution is 6.33. The zero-order chi connectivity index (χ0) is 14.8. The van der Waals surface area contributed by atoms with Gasteiger partial charge in [-0.05, 0) is 23.8 Å². The summed E-state index contributed by atoms with van der Waals surface area (Å²) in [5.41, 5.74) is 1.12. The Morgan fingerprint density at radius 2 is 1.80 bits per heavy atom. The summed E-state index contributed by atoms with van der Waals surface area (Å²) in [6, 6.07) is 11.0. The van der Waals surface area contributed by atoms with Crippen molar-refractivity contribution in [1.29, 1.82) is 0 Å². The van der Waals surface area contributed by atoms with Crippen molar-refractivity contribution in [3.05, 3.63) is 53.1 Å². The molecule has 2 aromatic carbocycles. The van der Waals surface area contributed by atoms with E-state index in [0.29, 0.717) is 16.1 Å². The molecule has 0 unspecified atom stereocenters. The second-order valence-electron chi connectivity index (χ2n) is 3.88. The van der Waals surface area contributed by atoms with E-state index in [1.807, 2.05) is 0 Å². The maximum Gasteiger partial charge on any atom is 0.573 e. The third-order valence-corrected chi connectivity index (χ3v) is 2.88. The Morgan fingerprint density at radius 3 is 2.40 bits per heavy atom. The molecule has 0 aliphatic heterocycles. The van der Waals surface area contributed by atoms with Gasteiger partial charge in [-0.25, -0.2) is 0 Å². The van der Waals surface area contributed by atoms with E-state index in [9.17, 15) is 13.2 Å². The Bertz CT molecular complexity index is 672. The SMILES string of the molecule is C#Cc1ccc(-c2ccccc2Cl)cc1OC(F)(F)F. The fourth-order valence-corrected chi connectivity index (χ4v) is 1.96. The average molecular weight is 297 g/mol. The lowest BCUT2D eigenvalue weighted by atomic mass is 10.0. The molecular weight excluding hydrogens is 289 g/mol.